The minimum Gasteiger partial charge on any atom is -0.494 e. The van der Waals surface area contributed by atoms with Gasteiger partial charge in [0.2, 0.25) is 0 Å². The largest absolute Gasteiger partial charge is 0.494 e. The zero-order valence-electron chi connectivity index (χ0n) is 22.3. The van der Waals surface area contributed by atoms with E-state index < -0.39 is 29.2 Å². The Bertz CT molecular complexity index is 1720. The SMILES string of the molecule is CCOc1ccccc1[C@@H]1[C@@H](C(=O)c2ccc(F)cc2)N2c3ccccc3C=C[C@@H]2C12C(=O)c1ccccc1C2=O. The van der Waals surface area contributed by atoms with E-state index in [9.17, 15) is 18.8 Å². The van der Waals surface area contributed by atoms with Gasteiger partial charge in [0.25, 0.3) is 0 Å². The summed E-state index contributed by atoms with van der Waals surface area (Å²) in [7, 11) is 0. The Balaban J connectivity index is 1.56. The number of Topliss-reactive ketones (excluding diaryl/α,β-unsaturated/α-hetero) is 3. The second-order valence-electron chi connectivity index (χ2n) is 10.6. The molecule has 2 aliphatic heterocycles. The van der Waals surface area contributed by atoms with Gasteiger partial charge in [-0.1, -0.05) is 72.8 Å². The minimum absolute atomic E-state index is 0.300. The molecule has 0 saturated carbocycles. The average Bonchev–Trinajstić information content (AvgIpc) is 3.44. The Morgan fingerprint density at radius 3 is 2.20 bits per heavy atom. The Kier molecular flexibility index (Phi) is 5.75. The second kappa shape index (κ2) is 9.37. The third-order valence-corrected chi connectivity index (χ3v) is 8.66. The summed E-state index contributed by atoms with van der Waals surface area (Å²) in [4.78, 5) is 46.0. The molecule has 1 spiro atoms. The molecule has 5 nitrogen and oxygen atoms in total. The van der Waals surface area contributed by atoms with Gasteiger partial charge in [0.05, 0.1) is 12.6 Å². The Hall–Kier alpha value is -4.84. The summed E-state index contributed by atoms with van der Waals surface area (Å²) in [5, 5.41) is 0. The number of para-hydroxylation sites is 2. The van der Waals surface area contributed by atoms with Crippen LogP contribution in [0.15, 0.2) is 103 Å². The van der Waals surface area contributed by atoms with Gasteiger partial charge in [-0.25, -0.2) is 4.39 Å². The van der Waals surface area contributed by atoms with Gasteiger partial charge in [0.15, 0.2) is 17.3 Å². The maximum Gasteiger partial charge on any atom is 0.185 e. The first-order valence-electron chi connectivity index (χ1n) is 13.7. The fourth-order valence-corrected chi connectivity index (χ4v) is 7.07. The Morgan fingerprint density at radius 2 is 1.49 bits per heavy atom. The number of ketones is 3. The highest BCUT2D eigenvalue weighted by Gasteiger charge is 2.71. The first-order valence-corrected chi connectivity index (χ1v) is 13.7. The van der Waals surface area contributed by atoms with Crippen molar-refractivity contribution in [2.24, 2.45) is 5.41 Å². The number of anilines is 1. The van der Waals surface area contributed by atoms with Crippen LogP contribution < -0.4 is 9.64 Å². The molecule has 3 atom stereocenters. The molecule has 1 fully saturated rings. The standard InChI is InChI=1S/C35H26FNO4/c1-2-41-28-14-8-6-12-26(28)30-31(32(38)22-15-18-23(36)19-16-22)37-27-13-7-3-9-21(27)17-20-29(37)35(30)33(39)24-10-4-5-11-25(24)34(35)40/h3-20,29-31H,2H2,1H3/t29-,30-,31+/m1/s1. The topological polar surface area (TPSA) is 63.7 Å². The first-order chi connectivity index (χ1) is 20.0. The lowest BCUT2D eigenvalue weighted by Crippen LogP contribution is -2.48. The predicted molar refractivity (Wildman–Crippen MR) is 154 cm³/mol. The highest BCUT2D eigenvalue weighted by Crippen LogP contribution is 2.61. The molecule has 0 radical (unpaired) electrons. The lowest BCUT2D eigenvalue weighted by Gasteiger charge is -2.37. The third kappa shape index (κ3) is 3.43. The van der Waals surface area contributed by atoms with Gasteiger partial charge in [-0.3, -0.25) is 14.4 Å². The third-order valence-electron chi connectivity index (χ3n) is 8.66. The molecular formula is C35H26FNO4. The van der Waals surface area contributed by atoms with E-state index in [4.69, 9.17) is 4.74 Å². The van der Waals surface area contributed by atoms with Crippen LogP contribution in [0.1, 0.15) is 55.0 Å². The van der Waals surface area contributed by atoms with Gasteiger partial charge in [0.1, 0.15) is 23.0 Å². The van der Waals surface area contributed by atoms with Crippen molar-refractivity contribution in [2.75, 3.05) is 11.5 Å². The molecule has 0 N–H and O–H groups in total. The number of carbonyl (C=O) groups excluding carboxylic acids is 3. The van der Waals surface area contributed by atoms with E-state index in [1.54, 1.807) is 24.3 Å². The van der Waals surface area contributed by atoms with Crippen LogP contribution in [0.3, 0.4) is 0 Å². The molecule has 6 heteroatoms. The highest BCUT2D eigenvalue weighted by atomic mass is 19.1. The number of hydrogen-bond donors (Lipinski definition) is 0. The lowest BCUT2D eigenvalue weighted by atomic mass is 9.64. The number of fused-ring (bicyclic) bond motifs is 5. The molecule has 1 aliphatic carbocycles. The second-order valence-corrected chi connectivity index (χ2v) is 10.6. The van der Waals surface area contributed by atoms with Crippen molar-refractivity contribution in [1.29, 1.82) is 0 Å². The highest BCUT2D eigenvalue weighted by molar-refractivity contribution is 6.32. The van der Waals surface area contributed by atoms with Crippen LogP contribution in [0, 0.1) is 11.2 Å². The van der Waals surface area contributed by atoms with Crippen LogP contribution in [-0.2, 0) is 0 Å². The number of benzene rings is 4. The van der Waals surface area contributed by atoms with Crippen LogP contribution in [0.25, 0.3) is 6.08 Å². The molecule has 0 bridgehead atoms. The van der Waals surface area contributed by atoms with Crippen molar-refractivity contribution in [1.82, 2.24) is 0 Å². The quantitative estimate of drug-likeness (QED) is 0.211. The molecule has 0 aromatic heterocycles. The smallest absolute Gasteiger partial charge is 0.185 e. The summed E-state index contributed by atoms with van der Waals surface area (Å²) >= 11 is 0. The molecule has 1 saturated heterocycles. The van der Waals surface area contributed by atoms with Crippen molar-refractivity contribution in [3.05, 3.63) is 137 Å². The van der Waals surface area contributed by atoms with Gasteiger partial charge < -0.3 is 9.64 Å². The number of halogens is 1. The van der Waals surface area contributed by atoms with Crippen molar-refractivity contribution in [3.63, 3.8) is 0 Å². The molecule has 4 aromatic rings. The van der Waals surface area contributed by atoms with Gasteiger partial charge in [-0.2, -0.15) is 0 Å². The van der Waals surface area contributed by atoms with Crippen LogP contribution >= 0.6 is 0 Å². The molecule has 41 heavy (non-hydrogen) atoms. The van der Waals surface area contributed by atoms with Crippen molar-refractivity contribution >= 4 is 29.1 Å². The van der Waals surface area contributed by atoms with Crippen LogP contribution in [-0.4, -0.2) is 36.0 Å². The monoisotopic (exact) mass is 543 g/mol. The summed E-state index contributed by atoms with van der Waals surface area (Å²) in [5.41, 5.74) is 1.65. The van der Waals surface area contributed by atoms with E-state index in [0.717, 1.165) is 11.3 Å². The minimum atomic E-state index is -1.62. The number of ether oxygens (including phenoxy) is 1. The fourth-order valence-electron chi connectivity index (χ4n) is 7.07. The van der Waals surface area contributed by atoms with Crippen LogP contribution in [0.2, 0.25) is 0 Å². The number of nitrogens with zero attached hydrogens (tertiary/aromatic N) is 1. The summed E-state index contributed by atoms with van der Waals surface area (Å²) in [5.74, 6) is -1.74. The fraction of sp³-hybridized carbons (Fsp3) is 0.171. The predicted octanol–water partition coefficient (Wildman–Crippen LogP) is 6.54. The van der Waals surface area contributed by atoms with Gasteiger partial charge in [-0.15, -0.1) is 0 Å². The molecule has 2 heterocycles. The first kappa shape index (κ1) is 25.1. The van der Waals surface area contributed by atoms with E-state index in [2.05, 4.69) is 0 Å². The molecular weight excluding hydrogens is 517 g/mol. The maximum atomic E-state index is 14.7. The average molecular weight is 544 g/mol. The summed E-state index contributed by atoms with van der Waals surface area (Å²) in [6.07, 6.45) is 3.82. The zero-order chi connectivity index (χ0) is 28.3. The van der Waals surface area contributed by atoms with E-state index >= 15 is 0 Å². The lowest BCUT2D eigenvalue weighted by molar-refractivity contribution is 0.0664. The van der Waals surface area contributed by atoms with Crippen molar-refractivity contribution < 1.29 is 23.5 Å². The van der Waals surface area contributed by atoms with Crippen LogP contribution in [0.5, 0.6) is 5.75 Å². The van der Waals surface area contributed by atoms with E-state index in [-0.39, 0.29) is 17.3 Å². The Labute approximate surface area is 236 Å². The summed E-state index contributed by atoms with van der Waals surface area (Å²) in [6.45, 7) is 2.23. The number of rotatable bonds is 5. The van der Waals surface area contributed by atoms with Gasteiger partial charge >= 0.3 is 0 Å². The maximum absolute atomic E-state index is 14.7. The van der Waals surface area contributed by atoms with Gasteiger partial charge in [-0.05, 0) is 48.9 Å². The van der Waals surface area contributed by atoms with Crippen molar-refractivity contribution in [2.45, 2.75) is 24.9 Å². The normalized spacial score (nSPS) is 21.5. The molecule has 3 aliphatic rings. The molecule has 0 unspecified atom stereocenters. The number of hydrogen-bond acceptors (Lipinski definition) is 5. The van der Waals surface area contributed by atoms with E-state index in [1.165, 1.54) is 24.3 Å². The number of carbonyl (C=O) groups is 3. The molecule has 0 amide bonds. The summed E-state index contributed by atoms with van der Waals surface area (Å²) < 4.78 is 20.0. The van der Waals surface area contributed by atoms with E-state index in [0.29, 0.717) is 34.6 Å². The van der Waals surface area contributed by atoms with Crippen molar-refractivity contribution in [3.8, 4) is 5.75 Å². The molecule has 4 aromatic carbocycles. The zero-order valence-corrected chi connectivity index (χ0v) is 22.3. The summed E-state index contributed by atoms with van der Waals surface area (Å²) in [6, 6.07) is 25.6. The molecule has 7 rings (SSSR count). The van der Waals surface area contributed by atoms with Gasteiger partial charge in [0, 0.05) is 33.9 Å². The Morgan fingerprint density at radius 1 is 0.854 bits per heavy atom. The van der Waals surface area contributed by atoms with Crippen LogP contribution in [0.4, 0.5) is 10.1 Å². The molecule has 202 valence electrons. The van der Waals surface area contributed by atoms with E-state index in [1.807, 2.05) is 72.5 Å².